The lowest BCUT2D eigenvalue weighted by atomic mass is 9.95. The third-order valence-electron chi connectivity index (χ3n) is 11.3. The van der Waals surface area contributed by atoms with Crippen molar-refractivity contribution in [3.8, 4) is 5.75 Å². The van der Waals surface area contributed by atoms with Gasteiger partial charge in [-0.1, -0.05) is 239 Å². The zero-order valence-electron chi connectivity index (χ0n) is 46.8. The van der Waals surface area contributed by atoms with Crippen molar-refractivity contribution in [2.45, 2.75) is 198 Å². The van der Waals surface area contributed by atoms with E-state index in [4.69, 9.17) is 10.1 Å². The first-order valence-corrected chi connectivity index (χ1v) is 26.0. The summed E-state index contributed by atoms with van der Waals surface area (Å²) in [6.07, 6.45) is 0. The van der Waals surface area contributed by atoms with Gasteiger partial charge in [-0.05, 0) is 146 Å². The van der Waals surface area contributed by atoms with E-state index in [1.54, 1.807) is 0 Å². The van der Waals surface area contributed by atoms with Gasteiger partial charge in [0.1, 0.15) is 5.75 Å². The summed E-state index contributed by atoms with van der Waals surface area (Å²) in [6.45, 7) is 44.3. The van der Waals surface area contributed by atoms with Gasteiger partial charge in [0, 0.05) is 9.40 Å². The maximum absolute atomic E-state index is 9.49. The minimum atomic E-state index is -0.500. The Hall–Kier alpha value is -4.26. The molecule has 0 radical (unpaired) electrons. The number of halogens is 1. The Bertz CT molecular complexity index is 1790. The molecule has 0 spiro atoms. The average Bonchev–Trinajstić information content (AvgIpc) is 3.27. The molecule has 0 heterocycles. The fourth-order valence-corrected chi connectivity index (χ4v) is 6.99. The van der Waals surface area contributed by atoms with E-state index in [2.05, 4.69) is 257 Å². The van der Waals surface area contributed by atoms with Gasteiger partial charge in [0.15, 0.2) is 7.05 Å². The number of phenolic OH excluding ortho intramolecular Hbond substituents is 1. The topological polar surface area (TPSA) is 89.4 Å². The fourth-order valence-electron chi connectivity index (χ4n) is 6.46. The summed E-state index contributed by atoms with van der Waals surface area (Å²) in [5.41, 5.74) is 18.4. The minimum Gasteiger partial charge on any atom is -0.508 e. The molecule has 0 bridgehead atoms. The molecule has 0 unspecified atom stereocenters. The Morgan fingerprint density at radius 1 is 0.368 bits per heavy atom. The Morgan fingerprint density at radius 2 is 0.515 bits per heavy atom. The monoisotopic (exact) mass is 997 g/mol. The summed E-state index contributed by atoms with van der Waals surface area (Å²) >= 11 is 3.55. The third kappa shape index (κ3) is 28.3. The van der Waals surface area contributed by atoms with Crippen LogP contribution in [0.25, 0.3) is 0 Å². The van der Waals surface area contributed by atoms with Gasteiger partial charge in [-0.15, -0.1) is 0 Å². The zero-order chi connectivity index (χ0) is 53.0. The maximum Gasteiger partial charge on any atom is 0.194 e. The average molecular weight is 998 g/mol. The summed E-state index contributed by atoms with van der Waals surface area (Å²) in [4.78, 5) is 8.31. The van der Waals surface area contributed by atoms with E-state index in [0.29, 0.717) is 64.9 Å². The second kappa shape index (κ2) is 34.9. The molecule has 5 rings (SSSR count). The van der Waals surface area contributed by atoms with E-state index in [-0.39, 0.29) is 0 Å². The molecule has 0 aromatic heterocycles. The summed E-state index contributed by atoms with van der Waals surface area (Å²) in [7, 11) is 2.39. The van der Waals surface area contributed by atoms with Crippen LogP contribution in [0.1, 0.15) is 253 Å². The molecule has 68 heavy (non-hydrogen) atoms. The molecule has 0 aliphatic rings. The number of benzene rings is 5. The SMILES string of the molecule is CC(C)c1cc(Br)cc(C(C)C)c1.CC(C)c1cc(O)cc(C(C)C)c1.CC(C)c1cccc(C(C)C)c1.CC(C)c1cccc(C(C)C)c1.CC(C)c1cccc(C(C)C)c1.CN.C[N+](=O)[O-]. The molecule has 0 atom stereocenters. The van der Waals surface area contributed by atoms with Crippen LogP contribution in [0.3, 0.4) is 0 Å². The van der Waals surface area contributed by atoms with E-state index in [1.165, 1.54) is 67.2 Å². The van der Waals surface area contributed by atoms with Gasteiger partial charge in [0.25, 0.3) is 0 Å². The van der Waals surface area contributed by atoms with Crippen molar-refractivity contribution in [3.63, 3.8) is 0 Å². The van der Waals surface area contributed by atoms with E-state index in [1.807, 2.05) is 12.1 Å². The number of hydrogen-bond donors (Lipinski definition) is 2. The normalized spacial score (nSPS) is 10.7. The number of nitrogens with zero attached hydrogens (tertiary/aromatic N) is 1. The number of nitro groups is 1. The Balaban J connectivity index is 0. The number of phenols is 1. The first-order valence-electron chi connectivity index (χ1n) is 25.2. The molecule has 0 fully saturated rings. The Kier molecular flexibility index (Phi) is 33.8. The summed E-state index contributed by atoms with van der Waals surface area (Å²) in [6, 6.07) is 39.2. The summed E-state index contributed by atoms with van der Waals surface area (Å²) < 4.78 is 1.20. The van der Waals surface area contributed by atoms with Crippen LogP contribution in [0.2, 0.25) is 0 Å². The van der Waals surface area contributed by atoms with Crippen molar-refractivity contribution in [2.75, 3.05) is 14.1 Å². The van der Waals surface area contributed by atoms with Gasteiger partial charge in [0.05, 0.1) is 0 Å². The van der Waals surface area contributed by atoms with Crippen molar-refractivity contribution >= 4 is 15.9 Å². The standard InChI is InChI=1S/C12H17Br.C12H18O.3C12H18.CH3NO2.CH5N/c2*1-8(2)10-5-11(9(3)4)7-12(13)6-10;3*1-9(2)11-6-5-7-12(8-11)10(3)4;1-2(3)4;1-2/h5-9H,1-4H3;5-9,13H,1-4H3;3*5-10H,1-4H3;1H3;2H2,1H3. The van der Waals surface area contributed by atoms with Gasteiger partial charge in [-0.3, -0.25) is 10.1 Å². The molecule has 3 N–H and O–H groups in total. The van der Waals surface area contributed by atoms with Crippen molar-refractivity contribution in [2.24, 2.45) is 5.73 Å². The maximum atomic E-state index is 9.49. The predicted molar refractivity (Wildman–Crippen MR) is 305 cm³/mol. The second-order valence-electron chi connectivity index (χ2n) is 20.7. The molecule has 0 aliphatic carbocycles. The molecule has 5 nitrogen and oxygen atoms in total. The lowest BCUT2D eigenvalue weighted by Gasteiger charge is -2.11. The minimum absolute atomic E-state index is 0.384. The third-order valence-corrected chi connectivity index (χ3v) is 11.8. The number of nitrogens with two attached hydrogens (primary N) is 1. The highest BCUT2D eigenvalue weighted by Crippen LogP contribution is 2.28. The van der Waals surface area contributed by atoms with E-state index < -0.39 is 4.92 Å². The van der Waals surface area contributed by atoms with Gasteiger partial charge in [-0.25, -0.2) is 0 Å². The Labute approximate surface area is 426 Å². The van der Waals surface area contributed by atoms with Crippen LogP contribution in [0.15, 0.2) is 114 Å². The highest BCUT2D eigenvalue weighted by molar-refractivity contribution is 9.10. The van der Waals surface area contributed by atoms with E-state index in [0.717, 1.165) is 7.05 Å². The summed E-state index contributed by atoms with van der Waals surface area (Å²) in [5.74, 6) is 6.40. The van der Waals surface area contributed by atoms with Crippen LogP contribution in [0, 0.1) is 10.1 Å². The van der Waals surface area contributed by atoms with Crippen LogP contribution < -0.4 is 5.73 Å². The molecule has 0 saturated carbocycles. The van der Waals surface area contributed by atoms with Gasteiger partial charge >= 0.3 is 0 Å². The number of hydrogen-bond acceptors (Lipinski definition) is 4. The number of rotatable bonds is 10. The Morgan fingerprint density at radius 3 is 0.676 bits per heavy atom. The van der Waals surface area contributed by atoms with Crippen molar-refractivity contribution in [1.82, 2.24) is 0 Å². The quantitative estimate of drug-likeness (QED) is 0.108. The van der Waals surface area contributed by atoms with Crippen LogP contribution in [-0.4, -0.2) is 24.1 Å². The molecule has 0 saturated heterocycles. The lowest BCUT2D eigenvalue weighted by Crippen LogP contribution is -1.93. The molecule has 6 heteroatoms. The molecule has 5 aromatic rings. The zero-order valence-corrected chi connectivity index (χ0v) is 48.4. The van der Waals surface area contributed by atoms with Crippen molar-refractivity contribution in [3.05, 3.63) is 179 Å². The summed E-state index contributed by atoms with van der Waals surface area (Å²) in [5, 5.41) is 18.3. The molecule has 0 aliphatic heterocycles. The smallest absolute Gasteiger partial charge is 0.194 e. The molecule has 0 amide bonds. The molecule has 5 aromatic carbocycles. The highest BCUT2D eigenvalue weighted by atomic mass is 79.9. The predicted octanol–water partition coefficient (Wildman–Crippen LogP) is 19.6. The van der Waals surface area contributed by atoms with Crippen LogP contribution in [-0.2, 0) is 0 Å². The van der Waals surface area contributed by atoms with E-state index >= 15 is 0 Å². The van der Waals surface area contributed by atoms with Crippen molar-refractivity contribution < 1.29 is 10.0 Å². The highest BCUT2D eigenvalue weighted by Gasteiger charge is 2.08. The number of aromatic hydroxyl groups is 1. The van der Waals surface area contributed by atoms with E-state index in [9.17, 15) is 5.11 Å². The van der Waals surface area contributed by atoms with Gasteiger partial charge in [-0.2, -0.15) is 0 Å². The van der Waals surface area contributed by atoms with Crippen LogP contribution >= 0.6 is 15.9 Å². The molecule has 380 valence electrons. The first kappa shape index (κ1) is 65.8. The fraction of sp³-hybridized carbons (Fsp3) is 0.516. The lowest BCUT2D eigenvalue weighted by molar-refractivity contribution is -0.445. The largest absolute Gasteiger partial charge is 0.508 e. The van der Waals surface area contributed by atoms with Crippen LogP contribution in [0.4, 0.5) is 0 Å². The van der Waals surface area contributed by atoms with Crippen LogP contribution in [0.5, 0.6) is 5.75 Å². The molecular weight excluding hydrogens is 901 g/mol. The van der Waals surface area contributed by atoms with Crippen molar-refractivity contribution in [1.29, 1.82) is 0 Å². The molecular formula is C62H97BrN2O3. The van der Waals surface area contributed by atoms with Gasteiger partial charge in [0.2, 0.25) is 0 Å². The first-order chi connectivity index (χ1) is 31.6. The second-order valence-corrected chi connectivity index (χ2v) is 21.6. The van der Waals surface area contributed by atoms with Gasteiger partial charge < -0.3 is 10.8 Å².